The maximum absolute atomic E-state index is 13.4. The number of allylic oxidation sites excluding steroid dienone is 2. The van der Waals surface area contributed by atoms with Gasteiger partial charge in [0.05, 0.1) is 34.6 Å². The van der Waals surface area contributed by atoms with Crippen molar-refractivity contribution in [1.82, 2.24) is 9.97 Å². The van der Waals surface area contributed by atoms with Crippen LogP contribution in [0.2, 0.25) is 0 Å². The number of halogens is 3. The second-order valence-electron chi connectivity index (χ2n) is 9.69. The van der Waals surface area contributed by atoms with Gasteiger partial charge < -0.3 is 10.1 Å². The van der Waals surface area contributed by atoms with Gasteiger partial charge in [0.2, 0.25) is 0 Å². The normalized spacial score (nSPS) is 16.5. The second kappa shape index (κ2) is 11.0. The molecule has 4 rings (SSSR count). The molecule has 1 N–H and O–H groups in total. The number of esters is 1. The molecule has 0 saturated heterocycles. The van der Waals surface area contributed by atoms with Crippen LogP contribution in [0.25, 0.3) is 16.5 Å². The van der Waals surface area contributed by atoms with E-state index in [0.717, 1.165) is 28.8 Å². The van der Waals surface area contributed by atoms with E-state index in [4.69, 9.17) is 4.74 Å². The third-order valence-corrected chi connectivity index (χ3v) is 6.86. The van der Waals surface area contributed by atoms with Gasteiger partial charge >= 0.3 is 12.1 Å². The van der Waals surface area contributed by atoms with Gasteiger partial charge in [-0.15, -0.1) is 0 Å². The number of non-ortho nitro benzene ring substituents is 1. The number of ether oxygens (including phenoxy) is 1. The molecule has 0 saturated carbocycles. The Bertz CT molecular complexity index is 1470. The molecule has 0 fully saturated rings. The summed E-state index contributed by atoms with van der Waals surface area (Å²) >= 11 is 0. The molecule has 2 aromatic carbocycles. The molecule has 8 nitrogen and oxygen atoms in total. The van der Waals surface area contributed by atoms with Gasteiger partial charge in [0.25, 0.3) is 5.69 Å². The van der Waals surface area contributed by atoms with Gasteiger partial charge in [-0.3, -0.25) is 14.9 Å². The Morgan fingerprint density at radius 1 is 1.21 bits per heavy atom. The molecule has 0 spiro atoms. The molecule has 1 aromatic heterocycles. The van der Waals surface area contributed by atoms with Crippen LogP contribution in [-0.4, -0.2) is 27.5 Å². The third kappa shape index (κ3) is 6.18. The van der Waals surface area contributed by atoms with E-state index in [2.05, 4.69) is 15.3 Å². The molecule has 3 aromatic rings. The average Bonchev–Trinajstić information content (AvgIpc) is 2.87. The molecule has 0 amide bonds. The topological polar surface area (TPSA) is 107 Å². The fourth-order valence-corrected chi connectivity index (χ4v) is 4.85. The maximum Gasteiger partial charge on any atom is 0.416 e. The number of nitrogens with zero attached hydrogens (tertiary/aromatic N) is 3. The first-order valence-corrected chi connectivity index (χ1v) is 12.7. The number of nitrogens with one attached hydrogen (secondary N) is 1. The summed E-state index contributed by atoms with van der Waals surface area (Å²) in [5.41, 5.74) is 2.09. The Kier molecular flexibility index (Phi) is 7.89. The van der Waals surface area contributed by atoms with Crippen LogP contribution in [0.15, 0.2) is 36.4 Å². The number of carbonyl (C=O) groups is 1. The minimum atomic E-state index is -4.73. The van der Waals surface area contributed by atoms with Crippen molar-refractivity contribution in [1.29, 1.82) is 0 Å². The van der Waals surface area contributed by atoms with E-state index in [1.165, 1.54) is 0 Å². The van der Waals surface area contributed by atoms with E-state index < -0.39 is 28.4 Å². The van der Waals surface area contributed by atoms with Crippen molar-refractivity contribution in [3.8, 4) is 0 Å². The fraction of sp³-hybridized carbons (Fsp3) is 0.393. The molecule has 0 radical (unpaired) electrons. The third-order valence-electron chi connectivity index (χ3n) is 6.86. The van der Waals surface area contributed by atoms with Crippen LogP contribution >= 0.6 is 0 Å². The number of carbonyl (C=O) groups excluding carboxylic acids is 1. The van der Waals surface area contributed by atoms with E-state index in [1.807, 2.05) is 25.1 Å². The van der Waals surface area contributed by atoms with Crippen molar-refractivity contribution < 1.29 is 27.6 Å². The highest BCUT2D eigenvalue weighted by Gasteiger charge is 2.33. The zero-order chi connectivity index (χ0) is 28.5. The summed E-state index contributed by atoms with van der Waals surface area (Å²) in [5.74, 6) is 0.512. The maximum atomic E-state index is 13.4. The first-order chi connectivity index (χ1) is 18.4. The number of nitro groups is 1. The Morgan fingerprint density at radius 3 is 2.56 bits per heavy atom. The van der Waals surface area contributed by atoms with E-state index >= 15 is 0 Å². The highest BCUT2D eigenvalue weighted by Crippen LogP contribution is 2.37. The lowest BCUT2D eigenvalue weighted by Gasteiger charge is -2.22. The summed E-state index contributed by atoms with van der Waals surface area (Å²) in [6, 6.07) is 5.72. The number of alkyl halides is 3. The van der Waals surface area contributed by atoms with Gasteiger partial charge in [0.1, 0.15) is 11.6 Å². The lowest BCUT2D eigenvalue weighted by atomic mass is 9.85. The van der Waals surface area contributed by atoms with E-state index in [1.54, 1.807) is 20.8 Å². The number of hydrogen-bond acceptors (Lipinski definition) is 7. The smallest absolute Gasteiger partial charge is 0.416 e. The van der Waals surface area contributed by atoms with Crippen LogP contribution in [-0.2, 0) is 15.7 Å². The summed E-state index contributed by atoms with van der Waals surface area (Å²) in [6.07, 6.45) is -0.748. The van der Waals surface area contributed by atoms with Gasteiger partial charge in [0.15, 0.2) is 0 Å². The van der Waals surface area contributed by atoms with Crippen molar-refractivity contribution in [3.63, 3.8) is 0 Å². The number of rotatable bonds is 7. The SMILES string of the molecule is CCOC(=O)C1CC=C(c2cc3c(N[C@H](C)c4cc([N+](=O)[O-])cc(C(F)(F)F)c4)nc(C)nc3cc2C)CC1. The van der Waals surface area contributed by atoms with Crippen LogP contribution in [0, 0.1) is 29.9 Å². The van der Waals surface area contributed by atoms with Crippen molar-refractivity contribution in [2.24, 2.45) is 5.92 Å². The predicted octanol–water partition coefficient (Wildman–Crippen LogP) is 7.09. The van der Waals surface area contributed by atoms with E-state index in [9.17, 15) is 28.1 Å². The number of benzene rings is 2. The largest absolute Gasteiger partial charge is 0.466 e. The summed E-state index contributed by atoms with van der Waals surface area (Å²) in [4.78, 5) is 31.6. The monoisotopic (exact) mass is 542 g/mol. The van der Waals surface area contributed by atoms with Gasteiger partial charge in [-0.25, -0.2) is 9.97 Å². The van der Waals surface area contributed by atoms with Crippen molar-refractivity contribution >= 4 is 34.0 Å². The van der Waals surface area contributed by atoms with E-state index in [0.29, 0.717) is 54.5 Å². The average molecular weight is 543 g/mol. The summed E-state index contributed by atoms with van der Waals surface area (Å²) in [7, 11) is 0. The van der Waals surface area contributed by atoms with Crippen LogP contribution in [0.5, 0.6) is 0 Å². The van der Waals surface area contributed by atoms with Gasteiger partial charge in [0, 0.05) is 17.5 Å². The number of aromatic nitrogens is 2. The van der Waals surface area contributed by atoms with Crippen molar-refractivity contribution in [2.75, 3.05) is 11.9 Å². The summed E-state index contributed by atoms with van der Waals surface area (Å²) in [6.45, 7) is 7.44. The molecule has 2 atom stereocenters. The van der Waals surface area contributed by atoms with E-state index in [-0.39, 0.29) is 17.5 Å². The minimum Gasteiger partial charge on any atom is -0.466 e. The van der Waals surface area contributed by atoms with Crippen molar-refractivity contribution in [3.05, 3.63) is 74.6 Å². The Morgan fingerprint density at radius 2 is 1.95 bits per heavy atom. The minimum absolute atomic E-state index is 0.105. The molecule has 1 aliphatic rings. The van der Waals surface area contributed by atoms with Gasteiger partial charge in [-0.05, 0) is 87.4 Å². The molecule has 1 aliphatic carbocycles. The number of nitro benzene ring substituents is 1. The highest BCUT2D eigenvalue weighted by molar-refractivity contribution is 5.93. The number of hydrogen-bond donors (Lipinski definition) is 1. The lowest BCUT2D eigenvalue weighted by molar-refractivity contribution is -0.385. The molecular formula is C28H29F3N4O4. The Hall–Kier alpha value is -4.02. The molecule has 0 aliphatic heterocycles. The zero-order valence-electron chi connectivity index (χ0n) is 22.1. The van der Waals surface area contributed by atoms with Crippen LogP contribution in [0.3, 0.4) is 0 Å². The van der Waals surface area contributed by atoms with Crippen LogP contribution in [0.1, 0.15) is 67.2 Å². The molecule has 11 heteroatoms. The highest BCUT2D eigenvalue weighted by atomic mass is 19.4. The van der Waals surface area contributed by atoms with Crippen molar-refractivity contribution in [2.45, 2.75) is 59.2 Å². The van der Waals surface area contributed by atoms with Crippen LogP contribution in [0.4, 0.5) is 24.7 Å². The second-order valence-corrected chi connectivity index (χ2v) is 9.69. The molecule has 39 heavy (non-hydrogen) atoms. The molecule has 206 valence electrons. The first kappa shape index (κ1) is 28.0. The predicted molar refractivity (Wildman–Crippen MR) is 141 cm³/mol. The summed E-state index contributed by atoms with van der Waals surface area (Å²) < 4.78 is 45.5. The first-order valence-electron chi connectivity index (χ1n) is 12.7. The number of anilines is 1. The Balaban J connectivity index is 1.71. The standard InChI is InChI=1S/C28H29F3N4O4/c1-5-39-27(36)19-8-6-18(7-9-19)23-14-24-25(10-15(23)2)33-17(4)34-26(24)32-16(3)20-11-21(28(29,30)31)13-22(12-20)35(37)38/h6,10-14,16,19H,5,7-9H2,1-4H3,(H,32,33,34)/t16-,19?/m1/s1. The summed E-state index contributed by atoms with van der Waals surface area (Å²) in [5, 5.41) is 15.1. The molecule has 1 heterocycles. The molecular weight excluding hydrogens is 513 g/mol. The quantitative estimate of drug-likeness (QED) is 0.193. The number of fused-ring (bicyclic) bond motifs is 1. The van der Waals surface area contributed by atoms with Crippen LogP contribution < -0.4 is 5.32 Å². The van der Waals surface area contributed by atoms with Gasteiger partial charge in [-0.1, -0.05) is 6.08 Å². The fourth-order valence-electron chi connectivity index (χ4n) is 4.85. The lowest BCUT2D eigenvalue weighted by Crippen LogP contribution is -2.19. The molecule has 0 bridgehead atoms. The zero-order valence-corrected chi connectivity index (χ0v) is 22.1. The number of aryl methyl sites for hydroxylation is 2. The Labute approximate surface area is 223 Å². The van der Waals surface area contributed by atoms with Gasteiger partial charge in [-0.2, -0.15) is 13.2 Å². The molecule has 1 unspecified atom stereocenters.